The highest BCUT2D eigenvalue weighted by Gasteiger charge is 2.47. The minimum atomic E-state index is -0.218. The minimum Gasteiger partial charge on any atom is -0.348 e. The van der Waals surface area contributed by atoms with Gasteiger partial charge in [0.25, 0.3) is 0 Å². The Hall–Kier alpha value is -0.120. The van der Waals surface area contributed by atoms with Crippen LogP contribution in [0.5, 0.6) is 0 Å². The second-order valence-corrected chi connectivity index (χ2v) is 5.95. The van der Waals surface area contributed by atoms with Gasteiger partial charge in [0.1, 0.15) is 0 Å². The van der Waals surface area contributed by atoms with E-state index in [9.17, 15) is 0 Å². The molecule has 0 bridgehead atoms. The molecule has 0 aromatic heterocycles. The van der Waals surface area contributed by atoms with Gasteiger partial charge in [0.05, 0.1) is 13.2 Å². The van der Waals surface area contributed by atoms with E-state index >= 15 is 0 Å². The van der Waals surface area contributed by atoms with E-state index in [1.807, 2.05) is 0 Å². The van der Waals surface area contributed by atoms with Gasteiger partial charge >= 0.3 is 0 Å². The first-order chi connectivity index (χ1) is 8.66. The fraction of sp³-hybridized carbons (Fsp3) is 1.00. The third-order valence-corrected chi connectivity index (χ3v) is 5.04. The lowest BCUT2D eigenvalue weighted by atomic mass is 9.74. The van der Waals surface area contributed by atoms with Gasteiger partial charge in [-0.1, -0.05) is 26.7 Å². The van der Waals surface area contributed by atoms with E-state index in [0.717, 1.165) is 32.6 Å². The minimum absolute atomic E-state index is 0.218. The SMILES string of the molecule is CCCCC1(N(C)CC)CCC2(CC1)OCCO2. The zero-order valence-corrected chi connectivity index (χ0v) is 12.3. The van der Waals surface area contributed by atoms with E-state index in [1.54, 1.807) is 0 Å². The maximum absolute atomic E-state index is 5.85. The van der Waals surface area contributed by atoms with Gasteiger partial charge in [-0.2, -0.15) is 0 Å². The summed E-state index contributed by atoms with van der Waals surface area (Å²) in [4.78, 5) is 2.56. The van der Waals surface area contributed by atoms with Crippen molar-refractivity contribution in [2.24, 2.45) is 0 Å². The molecular weight excluding hydrogens is 226 g/mol. The van der Waals surface area contributed by atoms with Crippen molar-refractivity contribution in [2.45, 2.75) is 70.1 Å². The Labute approximate surface area is 112 Å². The van der Waals surface area contributed by atoms with E-state index in [4.69, 9.17) is 9.47 Å². The molecule has 0 unspecified atom stereocenters. The lowest BCUT2D eigenvalue weighted by Gasteiger charge is -2.48. The first kappa shape index (κ1) is 14.3. The lowest BCUT2D eigenvalue weighted by molar-refractivity contribution is -0.194. The second-order valence-electron chi connectivity index (χ2n) is 5.95. The van der Waals surface area contributed by atoms with Gasteiger partial charge in [0.15, 0.2) is 5.79 Å². The molecule has 2 rings (SSSR count). The Bertz CT molecular complexity index is 251. The van der Waals surface area contributed by atoms with Crippen molar-refractivity contribution in [1.82, 2.24) is 4.90 Å². The van der Waals surface area contributed by atoms with Crippen LogP contribution in [0.25, 0.3) is 0 Å². The van der Waals surface area contributed by atoms with Crippen LogP contribution >= 0.6 is 0 Å². The molecule has 3 heteroatoms. The van der Waals surface area contributed by atoms with Gasteiger partial charge in [-0.05, 0) is 32.9 Å². The predicted molar refractivity (Wildman–Crippen MR) is 73.7 cm³/mol. The Kier molecular flexibility index (Phi) is 4.68. The van der Waals surface area contributed by atoms with Crippen molar-refractivity contribution in [2.75, 3.05) is 26.8 Å². The molecule has 1 saturated carbocycles. The van der Waals surface area contributed by atoms with Crippen molar-refractivity contribution in [3.8, 4) is 0 Å². The third-order valence-electron chi connectivity index (χ3n) is 5.04. The number of hydrogen-bond acceptors (Lipinski definition) is 3. The molecule has 0 aromatic carbocycles. The molecule has 0 atom stereocenters. The van der Waals surface area contributed by atoms with Gasteiger partial charge in [-0.25, -0.2) is 0 Å². The summed E-state index contributed by atoms with van der Waals surface area (Å²) in [6.45, 7) is 7.25. The van der Waals surface area contributed by atoms with Crippen LogP contribution in [-0.4, -0.2) is 43.0 Å². The van der Waals surface area contributed by atoms with Gasteiger partial charge in [-0.3, -0.25) is 0 Å². The largest absolute Gasteiger partial charge is 0.348 e. The highest BCUT2D eigenvalue weighted by atomic mass is 16.7. The molecule has 2 aliphatic rings. The zero-order valence-electron chi connectivity index (χ0n) is 12.3. The highest BCUT2D eigenvalue weighted by molar-refractivity contribution is 4.97. The van der Waals surface area contributed by atoms with Crippen LogP contribution < -0.4 is 0 Å². The van der Waals surface area contributed by atoms with E-state index in [-0.39, 0.29) is 5.79 Å². The summed E-state index contributed by atoms with van der Waals surface area (Å²) in [6, 6.07) is 0. The normalized spacial score (nSPS) is 26.0. The first-order valence-corrected chi connectivity index (χ1v) is 7.65. The molecule has 1 aliphatic carbocycles. The van der Waals surface area contributed by atoms with Gasteiger partial charge in [-0.15, -0.1) is 0 Å². The summed E-state index contributed by atoms with van der Waals surface area (Å²) in [5, 5.41) is 0. The molecule has 3 nitrogen and oxygen atoms in total. The average Bonchev–Trinajstić information content (AvgIpc) is 2.86. The number of ether oxygens (including phenoxy) is 2. The number of unbranched alkanes of at least 4 members (excludes halogenated alkanes) is 1. The van der Waals surface area contributed by atoms with Crippen LogP contribution in [0.1, 0.15) is 58.8 Å². The average molecular weight is 255 g/mol. The molecule has 1 spiro atoms. The van der Waals surface area contributed by atoms with E-state index in [1.165, 1.54) is 32.1 Å². The van der Waals surface area contributed by atoms with Crippen molar-refractivity contribution >= 4 is 0 Å². The molecule has 0 aromatic rings. The van der Waals surface area contributed by atoms with Crippen molar-refractivity contribution in [1.29, 1.82) is 0 Å². The standard InChI is InChI=1S/C15H29NO2/c1-4-6-7-14(16(3)5-2)8-10-15(11-9-14)17-12-13-18-15/h4-13H2,1-3H3. The fourth-order valence-electron chi connectivity index (χ4n) is 3.55. The molecule has 2 fully saturated rings. The van der Waals surface area contributed by atoms with E-state index in [0.29, 0.717) is 5.54 Å². The maximum atomic E-state index is 5.85. The summed E-state index contributed by atoms with van der Waals surface area (Å²) < 4.78 is 11.7. The fourth-order valence-corrected chi connectivity index (χ4v) is 3.55. The van der Waals surface area contributed by atoms with Crippen LogP contribution in [0.15, 0.2) is 0 Å². The Morgan fingerprint density at radius 2 is 1.61 bits per heavy atom. The Morgan fingerprint density at radius 1 is 1.00 bits per heavy atom. The van der Waals surface area contributed by atoms with Crippen LogP contribution in [0, 0.1) is 0 Å². The number of rotatable bonds is 5. The maximum Gasteiger partial charge on any atom is 0.168 e. The molecule has 0 N–H and O–H groups in total. The molecule has 106 valence electrons. The summed E-state index contributed by atoms with van der Waals surface area (Å²) in [7, 11) is 2.28. The number of nitrogens with zero attached hydrogens (tertiary/aromatic N) is 1. The molecular formula is C15H29NO2. The van der Waals surface area contributed by atoms with Crippen LogP contribution in [0.4, 0.5) is 0 Å². The molecule has 0 amide bonds. The van der Waals surface area contributed by atoms with Crippen molar-refractivity contribution < 1.29 is 9.47 Å². The van der Waals surface area contributed by atoms with Crippen molar-refractivity contribution in [3.05, 3.63) is 0 Å². The summed E-state index contributed by atoms with van der Waals surface area (Å²) in [5.41, 5.74) is 0.394. The topological polar surface area (TPSA) is 21.7 Å². The molecule has 1 heterocycles. The zero-order chi connectivity index (χ0) is 13.1. The Morgan fingerprint density at radius 3 is 2.11 bits per heavy atom. The first-order valence-electron chi connectivity index (χ1n) is 7.65. The van der Waals surface area contributed by atoms with Gasteiger partial charge in [0, 0.05) is 18.4 Å². The molecule has 0 radical (unpaired) electrons. The second kappa shape index (κ2) is 5.89. The van der Waals surface area contributed by atoms with E-state index in [2.05, 4.69) is 25.8 Å². The van der Waals surface area contributed by atoms with Gasteiger partial charge < -0.3 is 14.4 Å². The summed E-state index contributed by atoms with van der Waals surface area (Å²) in [5.74, 6) is -0.218. The van der Waals surface area contributed by atoms with Crippen LogP contribution in [-0.2, 0) is 9.47 Å². The monoisotopic (exact) mass is 255 g/mol. The van der Waals surface area contributed by atoms with Crippen LogP contribution in [0.2, 0.25) is 0 Å². The summed E-state index contributed by atoms with van der Waals surface area (Å²) in [6.07, 6.45) is 8.53. The van der Waals surface area contributed by atoms with Gasteiger partial charge in [0.2, 0.25) is 0 Å². The smallest absolute Gasteiger partial charge is 0.168 e. The number of hydrogen-bond donors (Lipinski definition) is 0. The predicted octanol–water partition coefficient (Wildman–Crippen LogP) is 3.18. The van der Waals surface area contributed by atoms with Crippen molar-refractivity contribution in [3.63, 3.8) is 0 Å². The molecule has 18 heavy (non-hydrogen) atoms. The Balaban J connectivity index is 1.99. The van der Waals surface area contributed by atoms with Crippen LogP contribution in [0.3, 0.4) is 0 Å². The highest BCUT2D eigenvalue weighted by Crippen LogP contribution is 2.44. The quantitative estimate of drug-likeness (QED) is 0.753. The molecule has 1 aliphatic heterocycles. The third kappa shape index (κ3) is 2.73. The lowest BCUT2D eigenvalue weighted by Crippen LogP contribution is -2.52. The summed E-state index contributed by atoms with van der Waals surface area (Å²) >= 11 is 0. The van der Waals surface area contributed by atoms with E-state index < -0.39 is 0 Å². The molecule has 1 saturated heterocycles.